The average Bonchev–Trinajstić information content (AvgIpc) is 2.55. The van der Waals surface area contributed by atoms with Crippen molar-refractivity contribution in [2.24, 2.45) is 0 Å². The van der Waals surface area contributed by atoms with Crippen LogP contribution >= 0.6 is 0 Å². The third-order valence-electron chi connectivity index (χ3n) is 3.09. The monoisotopic (exact) mass is 298 g/mol. The zero-order valence-corrected chi connectivity index (χ0v) is 12.7. The lowest BCUT2D eigenvalue weighted by Crippen LogP contribution is -2.22. The van der Waals surface area contributed by atoms with Crippen LogP contribution in [-0.4, -0.2) is 11.9 Å². The number of carbonyl (C=O) groups is 2. The van der Waals surface area contributed by atoms with Crippen molar-refractivity contribution in [2.75, 3.05) is 0 Å². The molecule has 0 atom stereocenters. The minimum atomic E-state index is -0.592. The fraction of sp³-hybridized carbons (Fsp3) is 0.222. The van der Waals surface area contributed by atoms with Gasteiger partial charge >= 0.3 is 11.9 Å². The Bertz CT molecular complexity index is 662. The van der Waals surface area contributed by atoms with Crippen LogP contribution in [0.1, 0.15) is 35.3 Å². The second-order valence-corrected chi connectivity index (χ2v) is 4.53. The lowest BCUT2D eigenvalue weighted by molar-refractivity contribution is -0.137. The highest BCUT2D eigenvalue weighted by molar-refractivity contribution is 6.02. The SMILES string of the molecule is CC.O=C1Cc2cc(OCc3ccccc3)ccc2C(=O)O1. The van der Waals surface area contributed by atoms with Gasteiger partial charge < -0.3 is 9.47 Å². The topological polar surface area (TPSA) is 52.6 Å². The maximum Gasteiger partial charge on any atom is 0.346 e. The van der Waals surface area contributed by atoms with Crippen LogP contribution in [0.3, 0.4) is 0 Å². The zero-order chi connectivity index (χ0) is 15.9. The van der Waals surface area contributed by atoms with Gasteiger partial charge in [-0.2, -0.15) is 0 Å². The molecule has 1 aliphatic rings. The first-order chi connectivity index (χ1) is 10.7. The molecule has 4 nitrogen and oxygen atoms in total. The Kier molecular flexibility index (Phi) is 5.31. The number of ether oxygens (including phenoxy) is 2. The summed E-state index contributed by atoms with van der Waals surface area (Å²) in [5, 5.41) is 0. The number of esters is 2. The molecule has 1 aliphatic heterocycles. The fourth-order valence-corrected chi connectivity index (χ4v) is 2.10. The Balaban J connectivity index is 0.000000847. The van der Waals surface area contributed by atoms with Gasteiger partial charge in [-0.15, -0.1) is 0 Å². The second-order valence-electron chi connectivity index (χ2n) is 4.53. The molecule has 22 heavy (non-hydrogen) atoms. The molecule has 0 radical (unpaired) electrons. The summed E-state index contributed by atoms with van der Waals surface area (Å²) < 4.78 is 10.2. The number of cyclic esters (lactones) is 2. The molecular weight excluding hydrogens is 280 g/mol. The van der Waals surface area contributed by atoms with Gasteiger partial charge in [0.25, 0.3) is 0 Å². The molecule has 0 unspecified atom stereocenters. The van der Waals surface area contributed by atoms with Crippen molar-refractivity contribution in [3.8, 4) is 5.75 Å². The van der Waals surface area contributed by atoms with Crippen LogP contribution in [0, 0.1) is 0 Å². The number of hydrogen-bond donors (Lipinski definition) is 0. The molecule has 0 N–H and O–H groups in total. The highest BCUT2D eigenvalue weighted by atomic mass is 16.6. The molecular formula is C18H18O4. The molecule has 0 aromatic heterocycles. The van der Waals surface area contributed by atoms with Gasteiger partial charge in [-0.3, -0.25) is 4.79 Å². The number of benzene rings is 2. The Hall–Kier alpha value is -2.62. The lowest BCUT2D eigenvalue weighted by atomic mass is 10.0. The van der Waals surface area contributed by atoms with Crippen LogP contribution in [-0.2, 0) is 22.6 Å². The molecule has 2 aromatic rings. The Labute approximate surface area is 129 Å². The molecule has 0 amide bonds. The summed E-state index contributed by atoms with van der Waals surface area (Å²) in [4.78, 5) is 22.7. The van der Waals surface area contributed by atoms with Crippen LogP contribution < -0.4 is 4.74 Å². The van der Waals surface area contributed by atoms with E-state index < -0.39 is 11.9 Å². The maximum atomic E-state index is 11.5. The van der Waals surface area contributed by atoms with Crippen molar-refractivity contribution in [2.45, 2.75) is 26.9 Å². The average molecular weight is 298 g/mol. The van der Waals surface area contributed by atoms with E-state index in [4.69, 9.17) is 4.74 Å². The van der Waals surface area contributed by atoms with Crippen LogP contribution in [0.5, 0.6) is 5.75 Å². The molecule has 0 bridgehead atoms. The summed E-state index contributed by atoms with van der Waals surface area (Å²) in [7, 11) is 0. The van der Waals surface area contributed by atoms with Gasteiger partial charge in [-0.05, 0) is 29.3 Å². The van der Waals surface area contributed by atoms with E-state index in [1.165, 1.54) is 0 Å². The fourth-order valence-electron chi connectivity index (χ4n) is 2.10. The summed E-state index contributed by atoms with van der Waals surface area (Å²) in [5.74, 6) is -0.483. The normalized spacial score (nSPS) is 12.6. The Morgan fingerprint density at radius 3 is 2.50 bits per heavy atom. The summed E-state index contributed by atoms with van der Waals surface area (Å²) >= 11 is 0. The minimum Gasteiger partial charge on any atom is -0.489 e. The third-order valence-corrected chi connectivity index (χ3v) is 3.09. The molecule has 0 saturated heterocycles. The van der Waals surface area contributed by atoms with E-state index >= 15 is 0 Å². The molecule has 0 fully saturated rings. The molecule has 0 spiro atoms. The van der Waals surface area contributed by atoms with Gasteiger partial charge in [0.2, 0.25) is 0 Å². The highest BCUT2D eigenvalue weighted by Crippen LogP contribution is 2.23. The van der Waals surface area contributed by atoms with Crippen LogP contribution in [0.15, 0.2) is 48.5 Å². The Morgan fingerprint density at radius 1 is 1.05 bits per heavy atom. The van der Waals surface area contributed by atoms with Crippen molar-refractivity contribution in [1.29, 1.82) is 0 Å². The minimum absolute atomic E-state index is 0.101. The van der Waals surface area contributed by atoms with Crippen molar-refractivity contribution in [1.82, 2.24) is 0 Å². The molecule has 114 valence electrons. The van der Waals surface area contributed by atoms with Crippen molar-refractivity contribution >= 4 is 11.9 Å². The van der Waals surface area contributed by atoms with E-state index in [1.807, 2.05) is 44.2 Å². The highest BCUT2D eigenvalue weighted by Gasteiger charge is 2.24. The van der Waals surface area contributed by atoms with Crippen LogP contribution in [0.4, 0.5) is 0 Å². The largest absolute Gasteiger partial charge is 0.489 e. The predicted molar refractivity (Wildman–Crippen MR) is 82.7 cm³/mol. The number of fused-ring (bicyclic) bond motifs is 1. The van der Waals surface area contributed by atoms with E-state index in [-0.39, 0.29) is 6.42 Å². The lowest BCUT2D eigenvalue weighted by Gasteiger charge is -2.15. The van der Waals surface area contributed by atoms with Gasteiger partial charge in [0.15, 0.2) is 0 Å². The first-order valence-electron chi connectivity index (χ1n) is 7.27. The summed E-state index contributed by atoms with van der Waals surface area (Å²) in [6.07, 6.45) is 0.101. The standard InChI is InChI=1S/C16H12O4.C2H6/c17-15-9-12-8-13(6-7-14(12)16(18)20-15)19-10-11-4-2-1-3-5-11;1-2/h1-8H,9-10H2;1-2H3. The van der Waals surface area contributed by atoms with E-state index in [0.717, 1.165) is 5.56 Å². The third kappa shape index (κ3) is 3.73. The maximum absolute atomic E-state index is 11.5. The van der Waals surface area contributed by atoms with Crippen LogP contribution in [0.25, 0.3) is 0 Å². The number of rotatable bonds is 3. The number of hydrogen-bond acceptors (Lipinski definition) is 4. The molecule has 3 rings (SSSR count). The summed E-state index contributed by atoms with van der Waals surface area (Å²) in [5.41, 5.74) is 2.13. The van der Waals surface area contributed by atoms with E-state index in [1.54, 1.807) is 18.2 Å². The first kappa shape index (κ1) is 15.8. The van der Waals surface area contributed by atoms with Crippen molar-refractivity contribution in [3.63, 3.8) is 0 Å². The van der Waals surface area contributed by atoms with E-state index in [2.05, 4.69) is 4.74 Å². The quantitative estimate of drug-likeness (QED) is 0.642. The van der Waals surface area contributed by atoms with E-state index in [0.29, 0.717) is 23.5 Å². The zero-order valence-electron chi connectivity index (χ0n) is 12.7. The van der Waals surface area contributed by atoms with Gasteiger partial charge in [-0.25, -0.2) is 4.79 Å². The molecule has 4 heteroatoms. The second kappa shape index (κ2) is 7.41. The van der Waals surface area contributed by atoms with Gasteiger partial charge in [-0.1, -0.05) is 44.2 Å². The molecule has 1 heterocycles. The molecule has 2 aromatic carbocycles. The van der Waals surface area contributed by atoms with Crippen LogP contribution in [0.2, 0.25) is 0 Å². The number of carbonyl (C=O) groups excluding carboxylic acids is 2. The first-order valence-corrected chi connectivity index (χ1v) is 7.27. The Morgan fingerprint density at radius 2 is 1.77 bits per heavy atom. The van der Waals surface area contributed by atoms with Gasteiger partial charge in [0.05, 0.1) is 12.0 Å². The predicted octanol–water partition coefficient (Wildman–Crippen LogP) is 3.53. The summed E-state index contributed by atoms with van der Waals surface area (Å²) in [6.45, 7) is 4.44. The smallest absolute Gasteiger partial charge is 0.346 e. The molecule has 0 aliphatic carbocycles. The van der Waals surface area contributed by atoms with Gasteiger partial charge in [0.1, 0.15) is 12.4 Å². The van der Waals surface area contributed by atoms with Crippen molar-refractivity contribution in [3.05, 3.63) is 65.2 Å². The molecule has 0 saturated carbocycles. The van der Waals surface area contributed by atoms with Gasteiger partial charge in [0, 0.05) is 0 Å². The van der Waals surface area contributed by atoms with E-state index in [9.17, 15) is 9.59 Å². The summed E-state index contributed by atoms with van der Waals surface area (Å²) in [6, 6.07) is 14.8. The van der Waals surface area contributed by atoms with Crippen molar-refractivity contribution < 1.29 is 19.1 Å².